The van der Waals surface area contributed by atoms with Crippen molar-refractivity contribution >= 4 is 11.6 Å². The monoisotopic (exact) mass is 329 g/mol. The molecule has 0 unspecified atom stereocenters. The molecule has 1 aromatic heterocycles. The average Bonchev–Trinajstić information content (AvgIpc) is 2.46. The minimum atomic E-state index is -4.64. The van der Waals surface area contributed by atoms with Crippen LogP contribution in [0.3, 0.4) is 0 Å². The van der Waals surface area contributed by atoms with Crippen molar-refractivity contribution in [2.24, 2.45) is 5.92 Å². The van der Waals surface area contributed by atoms with Crippen LogP contribution in [0.1, 0.15) is 19.4 Å². The zero-order valence-electron chi connectivity index (χ0n) is 12.5. The van der Waals surface area contributed by atoms with Crippen LogP contribution < -0.4 is 10.1 Å². The summed E-state index contributed by atoms with van der Waals surface area (Å²) in [5.74, 6) is -1.31. The Bertz CT molecular complexity index is 674. The molecule has 0 radical (unpaired) electrons. The standard InChI is InChI=1S/C15H15F4N3O/c1-9(2)8-23-13-10(15(17,18)19)7-20-14(22-13)21-12-6-4-3-5-11(12)16/h3-7,9H,8H2,1-2H3,(H,20,21,22). The van der Waals surface area contributed by atoms with Crippen molar-refractivity contribution in [3.8, 4) is 5.88 Å². The van der Waals surface area contributed by atoms with Crippen LogP contribution in [0.15, 0.2) is 30.5 Å². The number of aromatic nitrogens is 2. The van der Waals surface area contributed by atoms with Crippen molar-refractivity contribution in [3.63, 3.8) is 0 Å². The molecule has 0 aliphatic carbocycles. The van der Waals surface area contributed by atoms with E-state index in [1.807, 2.05) is 0 Å². The van der Waals surface area contributed by atoms with Gasteiger partial charge in [-0.25, -0.2) is 9.37 Å². The third kappa shape index (κ3) is 4.54. The Morgan fingerprint density at radius 2 is 1.91 bits per heavy atom. The van der Waals surface area contributed by atoms with Gasteiger partial charge in [0.2, 0.25) is 11.8 Å². The molecule has 1 aromatic carbocycles. The van der Waals surface area contributed by atoms with Crippen LogP contribution in [0.5, 0.6) is 5.88 Å². The number of hydrogen-bond acceptors (Lipinski definition) is 4. The van der Waals surface area contributed by atoms with E-state index in [1.165, 1.54) is 18.2 Å². The van der Waals surface area contributed by atoms with Gasteiger partial charge in [-0.1, -0.05) is 26.0 Å². The molecule has 0 bridgehead atoms. The Hall–Kier alpha value is -2.38. The van der Waals surface area contributed by atoms with E-state index in [2.05, 4.69) is 15.3 Å². The van der Waals surface area contributed by atoms with Gasteiger partial charge in [0.05, 0.1) is 12.3 Å². The Balaban J connectivity index is 2.32. The molecule has 0 spiro atoms. The number of benzene rings is 1. The van der Waals surface area contributed by atoms with E-state index in [-0.39, 0.29) is 24.2 Å². The van der Waals surface area contributed by atoms with E-state index in [9.17, 15) is 17.6 Å². The maximum Gasteiger partial charge on any atom is 0.423 e. The van der Waals surface area contributed by atoms with Crippen LogP contribution in [0.2, 0.25) is 0 Å². The normalized spacial score (nSPS) is 11.6. The summed E-state index contributed by atoms with van der Waals surface area (Å²) in [6.07, 6.45) is -4.02. The van der Waals surface area contributed by atoms with Gasteiger partial charge in [0.25, 0.3) is 0 Å². The van der Waals surface area contributed by atoms with Crippen LogP contribution in [-0.2, 0) is 6.18 Å². The molecule has 0 amide bonds. The largest absolute Gasteiger partial charge is 0.477 e. The predicted molar refractivity (Wildman–Crippen MR) is 77.0 cm³/mol. The Labute approximate surface area is 130 Å². The van der Waals surface area contributed by atoms with Gasteiger partial charge in [-0.2, -0.15) is 18.2 Å². The minimum Gasteiger partial charge on any atom is -0.477 e. The highest BCUT2D eigenvalue weighted by molar-refractivity contribution is 5.54. The van der Waals surface area contributed by atoms with Crippen molar-refractivity contribution in [1.29, 1.82) is 0 Å². The van der Waals surface area contributed by atoms with Gasteiger partial charge in [-0.15, -0.1) is 0 Å². The number of hydrogen-bond donors (Lipinski definition) is 1. The summed E-state index contributed by atoms with van der Waals surface area (Å²) in [5.41, 5.74) is -1.01. The summed E-state index contributed by atoms with van der Waals surface area (Å²) >= 11 is 0. The summed E-state index contributed by atoms with van der Waals surface area (Å²) in [5, 5.41) is 2.53. The molecular weight excluding hydrogens is 314 g/mol. The van der Waals surface area contributed by atoms with Crippen LogP contribution >= 0.6 is 0 Å². The molecule has 23 heavy (non-hydrogen) atoms. The first-order chi connectivity index (χ1) is 10.8. The quantitative estimate of drug-likeness (QED) is 0.825. The number of anilines is 2. The molecule has 2 aromatic rings. The molecular formula is C15H15F4N3O. The third-order valence-electron chi connectivity index (χ3n) is 2.73. The van der Waals surface area contributed by atoms with Gasteiger partial charge in [0.1, 0.15) is 11.4 Å². The first-order valence-electron chi connectivity index (χ1n) is 6.86. The van der Waals surface area contributed by atoms with Crippen LogP contribution in [-0.4, -0.2) is 16.6 Å². The van der Waals surface area contributed by atoms with Crippen molar-refractivity contribution < 1.29 is 22.3 Å². The Morgan fingerprint density at radius 3 is 2.52 bits per heavy atom. The van der Waals surface area contributed by atoms with Gasteiger partial charge in [-0.05, 0) is 18.1 Å². The molecule has 0 aliphatic rings. The topological polar surface area (TPSA) is 47.0 Å². The first kappa shape index (κ1) is 17.0. The molecule has 0 atom stereocenters. The van der Waals surface area contributed by atoms with Gasteiger partial charge < -0.3 is 10.1 Å². The lowest BCUT2D eigenvalue weighted by Gasteiger charge is -2.15. The summed E-state index contributed by atoms with van der Waals surface area (Å²) in [4.78, 5) is 7.30. The number of ether oxygens (including phenoxy) is 1. The van der Waals surface area contributed by atoms with Crippen molar-refractivity contribution in [3.05, 3.63) is 41.8 Å². The average molecular weight is 329 g/mol. The Kier molecular flexibility index (Phi) is 5.02. The highest BCUT2D eigenvalue weighted by Gasteiger charge is 2.36. The molecule has 2 rings (SSSR count). The lowest BCUT2D eigenvalue weighted by molar-refractivity contribution is -0.139. The van der Waals surface area contributed by atoms with Gasteiger partial charge in [0, 0.05) is 6.20 Å². The second-order valence-electron chi connectivity index (χ2n) is 5.22. The fraction of sp³-hybridized carbons (Fsp3) is 0.333. The molecule has 124 valence electrons. The third-order valence-corrected chi connectivity index (χ3v) is 2.73. The van der Waals surface area contributed by atoms with Crippen molar-refractivity contribution in [1.82, 2.24) is 9.97 Å². The summed E-state index contributed by atoms with van der Waals surface area (Å²) in [6, 6.07) is 5.70. The van der Waals surface area contributed by atoms with E-state index < -0.39 is 23.4 Å². The number of halogens is 4. The minimum absolute atomic E-state index is 0.0222. The lowest BCUT2D eigenvalue weighted by atomic mass is 10.2. The lowest BCUT2D eigenvalue weighted by Crippen LogP contribution is -2.14. The van der Waals surface area contributed by atoms with Crippen molar-refractivity contribution in [2.45, 2.75) is 20.0 Å². The van der Waals surface area contributed by atoms with Crippen LogP contribution in [0, 0.1) is 11.7 Å². The number of nitrogens with one attached hydrogen (secondary N) is 1. The van der Waals surface area contributed by atoms with E-state index >= 15 is 0 Å². The number of alkyl halides is 3. The van der Waals surface area contributed by atoms with E-state index in [0.717, 1.165) is 0 Å². The molecule has 8 heteroatoms. The molecule has 0 fully saturated rings. The fourth-order valence-electron chi connectivity index (χ4n) is 1.66. The first-order valence-corrected chi connectivity index (χ1v) is 6.86. The van der Waals surface area contributed by atoms with E-state index in [1.54, 1.807) is 19.9 Å². The Morgan fingerprint density at radius 1 is 1.22 bits per heavy atom. The number of rotatable bonds is 5. The van der Waals surface area contributed by atoms with Gasteiger partial charge in [-0.3, -0.25) is 0 Å². The zero-order valence-corrected chi connectivity index (χ0v) is 12.5. The fourth-order valence-corrected chi connectivity index (χ4v) is 1.66. The molecule has 0 saturated heterocycles. The maximum atomic E-state index is 13.6. The van der Waals surface area contributed by atoms with Crippen molar-refractivity contribution in [2.75, 3.05) is 11.9 Å². The summed E-state index contributed by atoms with van der Waals surface area (Å²) in [6.45, 7) is 3.67. The van der Waals surface area contributed by atoms with E-state index in [0.29, 0.717) is 6.20 Å². The summed E-state index contributed by atoms with van der Waals surface area (Å²) < 4.78 is 57.6. The second-order valence-corrected chi connectivity index (χ2v) is 5.22. The maximum absolute atomic E-state index is 13.6. The highest BCUT2D eigenvalue weighted by atomic mass is 19.4. The molecule has 1 N–H and O–H groups in total. The SMILES string of the molecule is CC(C)COc1nc(Nc2ccccc2F)ncc1C(F)(F)F. The van der Waals surface area contributed by atoms with Gasteiger partial charge >= 0.3 is 6.18 Å². The summed E-state index contributed by atoms with van der Waals surface area (Å²) in [7, 11) is 0. The highest BCUT2D eigenvalue weighted by Crippen LogP contribution is 2.35. The second kappa shape index (κ2) is 6.80. The van der Waals surface area contributed by atoms with Crippen LogP contribution in [0.25, 0.3) is 0 Å². The van der Waals surface area contributed by atoms with Gasteiger partial charge in [0.15, 0.2) is 0 Å². The predicted octanol–water partition coefficient (Wildman–Crippen LogP) is 4.41. The zero-order chi connectivity index (χ0) is 17.0. The number of para-hydroxylation sites is 1. The molecule has 4 nitrogen and oxygen atoms in total. The molecule has 0 aliphatic heterocycles. The number of nitrogens with zero attached hydrogens (tertiary/aromatic N) is 2. The molecule has 1 heterocycles. The smallest absolute Gasteiger partial charge is 0.423 e. The molecule has 0 saturated carbocycles. The van der Waals surface area contributed by atoms with Crippen LogP contribution in [0.4, 0.5) is 29.2 Å². The van der Waals surface area contributed by atoms with E-state index in [4.69, 9.17) is 4.74 Å².